The van der Waals surface area contributed by atoms with Gasteiger partial charge in [-0.15, -0.1) is 0 Å². The largest absolute Gasteiger partial charge is 0.386 e. The molecule has 4 nitrogen and oxygen atoms in total. The first-order valence-electron chi connectivity index (χ1n) is 9.26. The monoisotopic (exact) mass is 326 g/mol. The highest BCUT2D eigenvalue weighted by Gasteiger charge is 2.13. The van der Waals surface area contributed by atoms with Crippen LogP contribution in [-0.4, -0.2) is 14.1 Å². The summed E-state index contributed by atoms with van der Waals surface area (Å²) < 4.78 is 0. The van der Waals surface area contributed by atoms with E-state index in [9.17, 15) is 0 Å². The fraction of sp³-hybridized carbons (Fsp3) is 0.500. The van der Waals surface area contributed by atoms with E-state index in [-0.39, 0.29) is 0 Å². The van der Waals surface area contributed by atoms with Crippen molar-refractivity contribution < 1.29 is 0 Å². The van der Waals surface area contributed by atoms with Crippen LogP contribution in [0.25, 0.3) is 0 Å². The number of nitrogens with one attached hydrogen (secondary N) is 4. The first kappa shape index (κ1) is 16.7. The van der Waals surface area contributed by atoms with Crippen LogP contribution in [0.15, 0.2) is 35.7 Å². The summed E-state index contributed by atoms with van der Waals surface area (Å²) in [6.07, 6.45) is 14.5. The van der Waals surface area contributed by atoms with Crippen molar-refractivity contribution in [2.75, 3.05) is 35.4 Å². The summed E-state index contributed by atoms with van der Waals surface area (Å²) in [5.74, 6) is 0. The van der Waals surface area contributed by atoms with E-state index in [1.54, 1.807) is 0 Å². The van der Waals surface area contributed by atoms with E-state index in [4.69, 9.17) is 0 Å². The molecule has 1 aromatic rings. The molecule has 4 heteroatoms. The summed E-state index contributed by atoms with van der Waals surface area (Å²) >= 11 is 0. The molecule has 0 saturated heterocycles. The summed E-state index contributed by atoms with van der Waals surface area (Å²) in [4.78, 5) is 0. The average molecular weight is 326 g/mol. The van der Waals surface area contributed by atoms with E-state index in [0.717, 1.165) is 35.6 Å². The third kappa shape index (κ3) is 4.05. The van der Waals surface area contributed by atoms with E-state index < -0.39 is 0 Å². The molecule has 0 aromatic heterocycles. The molecule has 4 N–H and O–H groups in total. The lowest BCUT2D eigenvalue weighted by atomic mass is 10.0. The topological polar surface area (TPSA) is 48.1 Å². The second kappa shape index (κ2) is 8.13. The highest BCUT2D eigenvalue weighted by atomic mass is 15.0. The standard InChI is InChI=1S/C20H30N4/c1-21-17-13-20(24-16-11-7-4-8-12-16)18(22-2)14-19(17)23-15-9-5-3-6-10-15/h9,11,13-14,21-24H,3-8,10,12H2,1-2H3. The molecular weight excluding hydrogens is 296 g/mol. The van der Waals surface area contributed by atoms with E-state index in [2.05, 4.69) is 45.6 Å². The molecule has 2 aliphatic carbocycles. The maximum Gasteiger partial charge on any atom is 0.0639 e. The molecule has 3 rings (SSSR count). The van der Waals surface area contributed by atoms with E-state index in [1.165, 1.54) is 49.9 Å². The third-order valence-corrected chi connectivity index (χ3v) is 4.87. The van der Waals surface area contributed by atoms with Crippen molar-refractivity contribution in [3.63, 3.8) is 0 Å². The van der Waals surface area contributed by atoms with Gasteiger partial charge in [0.05, 0.1) is 22.7 Å². The zero-order chi connectivity index (χ0) is 16.8. The van der Waals surface area contributed by atoms with Crippen molar-refractivity contribution in [2.24, 2.45) is 0 Å². The van der Waals surface area contributed by atoms with Crippen molar-refractivity contribution >= 4 is 22.7 Å². The lowest BCUT2D eigenvalue weighted by Gasteiger charge is -2.22. The van der Waals surface area contributed by atoms with Gasteiger partial charge in [0.25, 0.3) is 0 Å². The van der Waals surface area contributed by atoms with Crippen molar-refractivity contribution in [3.05, 3.63) is 35.7 Å². The Kier molecular flexibility index (Phi) is 5.68. The van der Waals surface area contributed by atoms with Crippen molar-refractivity contribution in [2.45, 2.75) is 51.4 Å². The molecule has 0 bridgehead atoms. The molecule has 0 aliphatic heterocycles. The molecule has 0 spiro atoms. The second-order valence-electron chi connectivity index (χ2n) is 6.64. The van der Waals surface area contributed by atoms with Gasteiger partial charge in [0, 0.05) is 25.5 Å². The highest BCUT2D eigenvalue weighted by Crippen LogP contribution is 2.36. The Labute approximate surface area is 145 Å². The van der Waals surface area contributed by atoms with Gasteiger partial charge in [0.1, 0.15) is 0 Å². The van der Waals surface area contributed by atoms with Gasteiger partial charge in [-0.1, -0.05) is 12.2 Å². The summed E-state index contributed by atoms with van der Waals surface area (Å²) in [7, 11) is 3.97. The molecule has 0 heterocycles. The van der Waals surface area contributed by atoms with Gasteiger partial charge in [-0.05, 0) is 63.5 Å². The van der Waals surface area contributed by atoms with Crippen LogP contribution in [0, 0.1) is 0 Å². The summed E-state index contributed by atoms with van der Waals surface area (Å²) in [6, 6.07) is 4.40. The average Bonchev–Trinajstić information content (AvgIpc) is 2.64. The second-order valence-corrected chi connectivity index (χ2v) is 6.64. The predicted octanol–water partition coefficient (Wildman–Crippen LogP) is 5.51. The quantitative estimate of drug-likeness (QED) is 0.557. The Morgan fingerprint density at radius 3 is 1.42 bits per heavy atom. The zero-order valence-electron chi connectivity index (χ0n) is 15.0. The summed E-state index contributed by atoms with van der Waals surface area (Å²) in [6.45, 7) is 0. The molecule has 0 fully saturated rings. The molecule has 0 radical (unpaired) electrons. The van der Waals surface area contributed by atoms with Crippen LogP contribution in [0.2, 0.25) is 0 Å². The molecule has 24 heavy (non-hydrogen) atoms. The van der Waals surface area contributed by atoms with Crippen molar-refractivity contribution in [3.8, 4) is 0 Å². The highest BCUT2D eigenvalue weighted by molar-refractivity contribution is 5.85. The van der Waals surface area contributed by atoms with Crippen LogP contribution in [0.1, 0.15) is 51.4 Å². The SMILES string of the molecule is CNc1cc(NC2=CCCCC2)c(NC)cc1NC1=CCCCC1. The number of rotatable bonds is 6. The smallest absolute Gasteiger partial charge is 0.0639 e. The fourth-order valence-corrected chi connectivity index (χ4v) is 3.47. The minimum Gasteiger partial charge on any atom is -0.386 e. The minimum absolute atomic E-state index is 1.12. The zero-order valence-corrected chi connectivity index (χ0v) is 15.0. The van der Waals surface area contributed by atoms with Gasteiger partial charge in [-0.3, -0.25) is 0 Å². The van der Waals surface area contributed by atoms with Crippen molar-refractivity contribution in [1.82, 2.24) is 0 Å². The van der Waals surface area contributed by atoms with E-state index >= 15 is 0 Å². The number of allylic oxidation sites excluding steroid dienone is 4. The Balaban J connectivity index is 1.84. The van der Waals surface area contributed by atoms with Crippen LogP contribution in [0.3, 0.4) is 0 Å². The molecular formula is C20H30N4. The maximum absolute atomic E-state index is 3.62. The number of anilines is 4. The Morgan fingerprint density at radius 2 is 1.08 bits per heavy atom. The lowest BCUT2D eigenvalue weighted by molar-refractivity contribution is 0.704. The van der Waals surface area contributed by atoms with Gasteiger partial charge in [-0.2, -0.15) is 0 Å². The molecule has 1 aromatic carbocycles. The molecule has 2 aliphatic rings. The Bertz CT molecular complexity index is 575. The van der Waals surface area contributed by atoms with E-state index in [0.29, 0.717) is 0 Å². The van der Waals surface area contributed by atoms with Gasteiger partial charge < -0.3 is 21.3 Å². The molecule has 0 unspecified atom stereocenters. The first-order chi connectivity index (χ1) is 11.8. The predicted molar refractivity (Wildman–Crippen MR) is 106 cm³/mol. The summed E-state index contributed by atoms with van der Waals surface area (Å²) in [5.41, 5.74) is 7.21. The van der Waals surface area contributed by atoms with Crippen LogP contribution < -0.4 is 21.3 Å². The lowest BCUT2D eigenvalue weighted by Crippen LogP contribution is -2.09. The maximum atomic E-state index is 3.62. The molecule has 0 atom stereocenters. The number of hydrogen-bond acceptors (Lipinski definition) is 4. The number of benzene rings is 1. The van der Waals surface area contributed by atoms with Gasteiger partial charge >= 0.3 is 0 Å². The van der Waals surface area contributed by atoms with Gasteiger partial charge in [-0.25, -0.2) is 0 Å². The molecule has 0 amide bonds. The van der Waals surface area contributed by atoms with Gasteiger partial charge in [0.15, 0.2) is 0 Å². The number of hydrogen-bond donors (Lipinski definition) is 4. The van der Waals surface area contributed by atoms with Crippen LogP contribution in [0.4, 0.5) is 22.7 Å². The molecule has 0 saturated carbocycles. The Morgan fingerprint density at radius 1 is 0.625 bits per heavy atom. The van der Waals surface area contributed by atoms with Crippen LogP contribution in [-0.2, 0) is 0 Å². The third-order valence-electron chi connectivity index (χ3n) is 4.87. The Hall–Kier alpha value is -2.10. The van der Waals surface area contributed by atoms with Crippen molar-refractivity contribution in [1.29, 1.82) is 0 Å². The first-order valence-corrected chi connectivity index (χ1v) is 9.26. The van der Waals surface area contributed by atoms with Gasteiger partial charge in [0.2, 0.25) is 0 Å². The van der Waals surface area contributed by atoms with Crippen LogP contribution >= 0.6 is 0 Å². The van der Waals surface area contributed by atoms with Crippen LogP contribution in [0.5, 0.6) is 0 Å². The minimum atomic E-state index is 1.12. The normalized spacial score (nSPS) is 17.6. The fourth-order valence-electron chi connectivity index (χ4n) is 3.47. The molecule has 130 valence electrons. The van der Waals surface area contributed by atoms with E-state index in [1.807, 2.05) is 14.1 Å². The summed E-state index contributed by atoms with van der Waals surface area (Å²) in [5, 5.41) is 13.9.